The number of rotatable bonds is 13. The van der Waals surface area contributed by atoms with Gasteiger partial charge in [0.1, 0.15) is 5.60 Å². The van der Waals surface area contributed by atoms with Gasteiger partial charge < -0.3 is 9.84 Å². The molecule has 5 rings (SSSR count). The van der Waals surface area contributed by atoms with Gasteiger partial charge in [0.2, 0.25) is 0 Å². The fourth-order valence-corrected chi connectivity index (χ4v) is 14.0. The quantitative estimate of drug-likeness (QED) is 0.0888. The summed E-state index contributed by atoms with van der Waals surface area (Å²) in [6.45, 7) is 26.9. The number of nitrogens with zero attached hydrogens (tertiary/aromatic N) is 1. The van der Waals surface area contributed by atoms with Crippen molar-refractivity contribution >= 4 is 18.4 Å². The number of carbonyl (C=O) groups is 1. The number of unbranched alkanes of at least 4 members (excludes halogenated alkanes) is 6. The molecule has 10 atom stereocenters. The van der Waals surface area contributed by atoms with Gasteiger partial charge in [0.15, 0.2) is 0 Å². The molecule has 0 radical (unpaired) electrons. The van der Waals surface area contributed by atoms with Crippen LogP contribution in [0.4, 0.5) is 0 Å². The lowest BCUT2D eigenvalue weighted by atomic mass is 9.31. The van der Waals surface area contributed by atoms with E-state index in [0.29, 0.717) is 29.6 Å². The number of allylic oxidation sites excluding steroid dienone is 1. The summed E-state index contributed by atoms with van der Waals surface area (Å²) in [6, 6.07) is 0. The van der Waals surface area contributed by atoms with E-state index in [0.717, 1.165) is 64.6 Å². The van der Waals surface area contributed by atoms with Crippen LogP contribution in [0.5, 0.6) is 0 Å². The largest absolute Gasteiger partial charge is 0.469 e. The van der Waals surface area contributed by atoms with Crippen molar-refractivity contribution in [2.45, 2.75) is 177 Å². The zero-order valence-corrected chi connectivity index (χ0v) is 35.4. The van der Waals surface area contributed by atoms with Gasteiger partial charge in [0, 0.05) is 5.41 Å². The van der Waals surface area contributed by atoms with E-state index in [4.69, 9.17) is 4.74 Å². The van der Waals surface area contributed by atoms with Gasteiger partial charge in [-0.15, -0.1) is 12.4 Å². The third kappa shape index (κ3) is 7.15. The van der Waals surface area contributed by atoms with Gasteiger partial charge in [0.25, 0.3) is 0 Å². The third-order valence-electron chi connectivity index (χ3n) is 17.1. The average molecular weight is 729 g/mol. The van der Waals surface area contributed by atoms with E-state index < -0.39 is 5.60 Å². The number of carbonyl (C=O) groups excluding carboxylic acids is 1. The molecule has 4 nitrogen and oxygen atoms in total. The molecular formula is C46H78ClNO3. The van der Waals surface area contributed by atoms with Gasteiger partial charge in [-0.05, 0) is 143 Å². The third-order valence-corrected chi connectivity index (χ3v) is 17.1. The Hall–Kier alpha value is -1.02. The lowest BCUT2D eigenvalue weighted by Crippen LogP contribution is -2.68. The van der Waals surface area contributed by atoms with E-state index in [1.807, 2.05) is 0 Å². The van der Waals surface area contributed by atoms with Gasteiger partial charge in [-0.2, -0.15) is 0 Å². The van der Waals surface area contributed by atoms with E-state index in [-0.39, 0.29) is 45.5 Å². The standard InChI is InChI=1S/C46H77NO3.ClH/c1-11-13-15-17-31-47(32-18-16-14-12-2)33-19-24-46(49)30-27-42(7)37(41(46,5)6)23-25-44(9)38(42)21-20-36-39-35(34(3)4)22-26-45(39,40(48)50-10)29-28-43(36,44)8;/h35-39,49H,3,11-18,20-23,25-33H2,1-2,4-10H3;1H/t35-,36+,37-,38+,39+,42-,43+,44+,45-,46-;/m0./s1. The second kappa shape index (κ2) is 16.4. The first-order chi connectivity index (χ1) is 23.6. The number of halogens is 1. The Labute approximate surface area is 320 Å². The Morgan fingerprint density at radius 2 is 1.45 bits per heavy atom. The smallest absolute Gasteiger partial charge is 0.312 e. The molecule has 0 aromatic carbocycles. The van der Waals surface area contributed by atoms with Crippen molar-refractivity contribution in [1.29, 1.82) is 0 Å². The number of aliphatic hydroxyl groups is 1. The van der Waals surface area contributed by atoms with Gasteiger partial charge >= 0.3 is 5.97 Å². The summed E-state index contributed by atoms with van der Waals surface area (Å²) >= 11 is 0. The number of ether oxygens (including phenoxy) is 1. The molecule has 5 aliphatic carbocycles. The van der Waals surface area contributed by atoms with Crippen LogP contribution in [0.25, 0.3) is 0 Å². The minimum atomic E-state index is -0.953. The van der Waals surface area contributed by atoms with Crippen LogP contribution in [0.2, 0.25) is 0 Å². The number of hydrogen-bond acceptors (Lipinski definition) is 4. The Kier molecular flexibility index (Phi) is 13.7. The Morgan fingerprint density at radius 3 is 2.04 bits per heavy atom. The Bertz CT molecular complexity index is 1270. The van der Waals surface area contributed by atoms with Crippen molar-refractivity contribution in [2.24, 2.45) is 56.7 Å². The predicted molar refractivity (Wildman–Crippen MR) is 216 cm³/mol. The van der Waals surface area contributed by atoms with Crippen molar-refractivity contribution < 1.29 is 14.6 Å². The topological polar surface area (TPSA) is 49.8 Å². The summed E-state index contributed by atoms with van der Waals surface area (Å²) in [7, 11) is 1.60. The maximum Gasteiger partial charge on any atom is 0.312 e. The van der Waals surface area contributed by atoms with Gasteiger partial charge in [0.05, 0.1) is 19.1 Å². The lowest BCUT2D eigenvalue weighted by Gasteiger charge is -2.73. The molecule has 0 aromatic heterocycles. The number of fused-ring (bicyclic) bond motifs is 7. The summed E-state index contributed by atoms with van der Waals surface area (Å²) in [6.07, 6.45) is 21.0. The zero-order valence-electron chi connectivity index (χ0n) is 34.6. The normalized spacial score (nSPS) is 40.8. The van der Waals surface area contributed by atoms with E-state index >= 15 is 0 Å². The van der Waals surface area contributed by atoms with E-state index in [9.17, 15) is 9.90 Å². The van der Waals surface area contributed by atoms with Crippen LogP contribution in [0.1, 0.15) is 171 Å². The molecule has 5 heteroatoms. The van der Waals surface area contributed by atoms with Gasteiger partial charge in [-0.3, -0.25) is 9.69 Å². The molecule has 0 saturated heterocycles. The maximum absolute atomic E-state index is 13.6. The molecule has 0 aliphatic heterocycles. The fourth-order valence-electron chi connectivity index (χ4n) is 14.0. The summed E-state index contributed by atoms with van der Waals surface area (Å²) < 4.78 is 5.58. The number of hydrogen-bond donors (Lipinski definition) is 1. The number of esters is 1. The molecule has 0 spiro atoms. The van der Waals surface area contributed by atoms with Crippen molar-refractivity contribution in [3.8, 4) is 11.8 Å². The minimum absolute atomic E-state index is 0. The minimum Gasteiger partial charge on any atom is -0.469 e. The van der Waals surface area contributed by atoms with E-state index in [1.54, 1.807) is 7.11 Å². The highest BCUT2D eigenvalue weighted by atomic mass is 35.5. The monoisotopic (exact) mass is 728 g/mol. The molecule has 0 unspecified atom stereocenters. The highest BCUT2D eigenvalue weighted by molar-refractivity contribution is 5.85. The maximum atomic E-state index is 13.6. The molecule has 5 fully saturated rings. The van der Waals surface area contributed by atoms with Gasteiger partial charge in [-0.25, -0.2) is 0 Å². The molecule has 0 bridgehead atoms. The summed E-state index contributed by atoms with van der Waals surface area (Å²) in [5.74, 6) is 9.53. The van der Waals surface area contributed by atoms with Crippen molar-refractivity contribution in [3.05, 3.63) is 12.2 Å². The highest BCUT2D eigenvalue weighted by Crippen LogP contribution is 2.78. The van der Waals surface area contributed by atoms with Crippen molar-refractivity contribution in [3.63, 3.8) is 0 Å². The first-order valence-electron chi connectivity index (χ1n) is 21.3. The van der Waals surface area contributed by atoms with Crippen LogP contribution < -0.4 is 0 Å². The Balaban J connectivity index is 0.00000583. The van der Waals surface area contributed by atoms with Crippen molar-refractivity contribution in [2.75, 3.05) is 26.7 Å². The second-order valence-corrected chi connectivity index (χ2v) is 19.6. The summed E-state index contributed by atoms with van der Waals surface area (Å²) in [5, 5.41) is 12.5. The molecule has 1 N–H and O–H groups in total. The molecule has 5 saturated carbocycles. The molecule has 0 amide bonds. The van der Waals surface area contributed by atoms with Crippen LogP contribution in [0.3, 0.4) is 0 Å². The van der Waals surface area contributed by atoms with Crippen LogP contribution in [-0.4, -0.2) is 48.3 Å². The van der Waals surface area contributed by atoms with E-state index in [2.05, 4.69) is 78.7 Å². The molecule has 51 heavy (non-hydrogen) atoms. The number of methoxy groups -OCH3 is 1. The van der Waals surface area contributed by atoms with Gasteiger partial charge in [-0.1, -0.05) is 111 Å². The zero-order chi connectivity index (χ0) is 36.6. The van der Waals surface area contributed by atoms with Crippen LogP contribution >= 0.6 is 12.4 Å². The molecule has 0 heterocycles. The first kappa shape index (κ1) is 42.7. The molecule has 0 aromatic rings. The second-order valence-electron chi connectivity index (χ2n) is 19.6. The molecule has 5 aliphatic rings. The van der Waals surface area contributed by atoms with E-state index in [1.165, 1.54) is 76.2 Å². The molecular weight excluding hydrogens is 650 g/mol. The van der Waals surface area contributed by atoms with Crippen molar-refractivity contribution in [1.82, 2.24) is 4.90 Å². The first-order valence-corrected chi connectivity index (χ1v) is 21.3. The highest BCUT2D eigenvalue weighted by Gasteiger charge is 2.73. The van der Waals surface area contributed by atoms with Crippen LogP contribution in [-0.2, 0) is 9.53 Å². The fraction of sp³-hybridized carbons (Fsp3) is 0.891. The van der Waals surface area contributed by atoms with Crippen LogP contribution in [0, 0.1) is 68.5 Å². The Morgan fingerprint density at radius 1 is 0.804 bits per heavy atom. The summed E-state index contributed by atoms with van der Waals surface area (Å²) in [5.41, 5.74) is 0.254. The SMILES string of the molecule is C=C(C)[C@@H]1CC[C@]2(C(=O)OC)CC[C@]3(C)[C@H](CC[C@@H]4[C@@]5(C)CC[C@@](O)(C#CCN(CCCCCC)CCCCCC)C(C)(C)[C@@H]5CC[C@]43C)[C@@H]12.Cl. The summed E-state index contributed by atoms with van der Waals surface area (Å²) in [4.78, 5) is 16.2. The average Bonchev–Trinajstić information content (AvgIpc) is 3.48. The van der Waals surface area contributed by atoms with Crippen LogP contribution in [0.15, 0.2) is 12.2 Å². The molecule has 292 valence electrons. The lowest BCUT2D eigenvalue weighted by molar-refractivity contribution is -0.256. The predicted octanol–water partition coefficient (Wildman–Crippen LogP) is 11.4.